The van der Waals surface area contributed by atoms with Crippen molar-refractivity contribution in [2.75, 3.05) is 7.11 Å². The summed E-state index contributed by atoms with van der Waals surface area (Å²) >= 11 is 0. The monoisotopic (exact) mass is 209 g/mol. The van der Waals surface area contributed by atoms with Gasteiger partial charge in [-0.15, -0.1) is 0 Å². The van der Waals surface area contributed by atoms with E-state index < -0.39 is 11.8 Å². The van der Waals surface area contributed by atoms with E-state index in [-0.39, 0.29) is 11.3 Å². The van der Waals surface area contributed by atoms with Crippen LogP contribution in [0.15, 0.2) is 17.2 Å². The quantitative estimate of drug-likeness (QED) is 0.425. The molecule has 0 saturated heterocycles. The van der Waals surface area contributed by atoms with Gasteiger partial charge in [-0.3, -0.25) is 4.79 Å². The maximum atomic E-state index is 11.4. The third kappa shape index (κ3) is 1.96. The van der Waals surface area contributed by atoms with E-state index in [0.717, 1.165) is 6.08 Å². The lowest BCUT2D eigenvalue weighted by Gasteiger charge is -1.97. The lowest BCUT2D eigenvalue weighted by atomic mass is 10.1. The van der Waals surface area contributed by atoms with Crippen molar-refractivity contribution in [3.63, 3.8) is 0 Å². The maximum Gasteiger partial charge on any atom is 0.343 e. The zero-order valence-electron chi connectivity index (χ0n) is 8.57. The van der Waals surface area contributed by atoms with Crippen molar-refractivity contribution in [1.82, 2.24) is 5.16 Å². The maximum absolute atomic E-state index is 11.4. The molecule has 0 bridgehead atoms. The van der Waals surface area contributed by atoms with Crippen molar-refractivity contribution in [2.24, 2.45) is 0 Å². The number of nitrogens with zero attached hydrogens (tertiary/aromatic N) is 1. The molecule has 0 amide bonds. The predicted molar refractivity (Wildman–Crippen MR) is 51.7 cm³/mol. The normalized spacial score (nSPS) is 9.73. The van der Waals surface area contributed by atoms with Crippen LogP contribution >= 0.6 is 0 Å². The van der Waals surface area contributed by atoms with E-state index in [1.54, 1.807) is 6.92 Å². The van der Waals surface area contributed by atoms with Crippen LogP contribution in [0.2, 0.25) is 0 Å². The number of aromatic nitrogens is 1. The summed E-state index contributed by atoms with van der Waals surface area (Å²) in [5.41, 5.74) is 0.497. The van der Waals surface area contributed by atoms with Crippen LogP contribution in [0.4, 0.5) is 0 Å². The van der Waals surface area contributed by atoms with Crippen molar-refractivity contribution in [3.05, 3.63) is 29.7 Å². The first-order valence-corrected chi connectivity index (χ1v) is 4.39. The molecule has 0 N–H and O–H groups in total. The number of aryl methyl sites for hydroxylation is 1. The molecule has 1 aromatic rings. The number of ketones is 1. The van der Waals surface area contributed by atoms with Crippen LogP contribution in [0.5, 0.6) is 0 Å². The molecular formula is C10H11NO4. The summed E-state index contributed by atoms with van der Waals surface area (Å²) in [4.78, 5) is 22.7. The summed E-state index contributed by atoms with van der Waals surface area (Å²) in [6.07, 6.45) is 1.55. The molecule has 1 rings (SSSR count). The Hall–Kier alpha value is -1.91. The first-order valence-electron chi connectivity index (χ1n) is 4.39. The molecule has 1 heterocycles. The largest absolute Gasteiger partial charge is 0.465 e. The molecule has 0 aromatic carbocycles. The molecule has 0 radical (unpaired) electrons. The Kier molecular flexibility index (Phi) is 3.38. The van der Waals surface area contributed by atoms with Crippen molar-refractivity contribution >= 4 is 11.8 Å². The summed E-state index contributed by atoms with van der Waals surface area (Å²) in [5, 5.41) is 3.63. The molecule has 0 aliphatic heterocycles. The average Bonchev–Trinajstić information content (AvgIpc) is 2.70. The summed E-state index contributed by atoms with van der Waals surface area (Å²) in [6.45, 7) is 5.11. The van der Waals surface area contributed by atoms with E-state index in [1.165, 1.54) is 7.11 Å². The Morgan fingerprint density at radius 3 is 2.73 bits per heavy atom. The summed E-state index contributed by atoms with van der Waals surface area (Å²) in [5.74, 6) is -1.23. The zero-order valence-corrected chi connectivity index (χ0v) is 8.57. The number of rotatable bonds is 4. The van der Waals surface area contributed by atoms with Crippen molar-refractivity contribution in [3.8, 4) is 0 Å². The van der Waals surface area contributed by atoms with Gasteiger partial charge >= 0.3 is 5.97 Å². The molecule has 0 saturated carbocycles. The van der Waals surface area contributed by atoms with Crippen molar-refractivity contribution in [2.45, 2.75) is 13.3 Å². The van der Waals surface area contributed by atoms with Crippen LogP contribution in [0.25, 0.3) is 0 Å². The number of methoxy groups -OCH3 is 1. The first-order chi connectivity index (χ1) is 7.15. The van der Waals surface area contributed by atoms with Crippen LogP contribution in [-0.2, 0) is 11.2 Å². The number of hydrogen-bond donors (Lipinski definition) is 0. The number of carbonyl (C=O) groups is 2. The van der Waals surface area contributed by atoms with Gasteiger partial charge in [0.2, 0.25) is 11.5 Å². The minimum atomic E-state index is -0.627. The lowest BCUT2D eigenvalue weighted by Crippen LogP contribution is -2.08. The third-order valence-electron chi connectivity index (χ3n) is 1.90. The van der Waals surface area contributed by atoms with Gasteiger partial charge in [-0.2, -0.15) is 0 Å². The molecule has 15 heavy (non-hydrogen) atoms. The third-order valence-corrected chi connectivity index (χ3v) is 1.90. The Balaban J connectivity index is 3.28. The highest BCUT2D eigenvalue weighted by Crippen LogP contribution is 2.17. The van der Waals surface area contributed by atoms with Crippen molar-refractivity contribution < 1.29 is 18.8 Å². The van der Waals surface area contributed by atoms with Crippen LogP contribution in [0, 0.1) is 0 Å². The number of allylic oxidation sites excluding steroid dienone is 1. The van der Waals surface area contributed by atoms with Gasteiger partial charge in [0.15, 0.2) is 0 Å². The average molecular weight is 209 g/mol. The molecule has 0 spiro atoms. The number of esters is 1. The van der Waals surface area contributed by atoms with Crippen LogP contribution in [0.3, 0.4) is 0 Å². The molecule has 0 aliphatic carbocycles. The second kappa shape index (κ2) is 4.54. The van der Waals surface area contributed by atoms with Crippen LogP contribution in [-0.4, -0.2) is 24.0 Å². The van der Waals surface area contributed by atoms with Crippen molar-refractivity contribution in [1.29, 1.82) is 0 Å². The molecule has 0 fully saturated rings. The Bertz CT molecular complexity index is 406. The lowest BCUT2D eigenvalue weighted by molar-refractivity contribution is 0.0594. The number of carbonyl (C=O) groups excluding carboxylic acids is 2. The smallest absolute Gasteiger partial charge is 0.343 e. The van der Waals surface area contributed by atoms with Gasteiger partial charge in [0.25, 0.3) is 0 Å². The second-order valence-corrected chi connectivity index (χ2v) is 2.75. The molecule has 5 heteroatoms. The van der Waals surface area contributed by atoms with Gasteiger partial charge in [-0.05, 0) is 12.5 Å². The van der Waals surface area contributed by atoms with Gasteiger partial charge in [0.1, 0.15) is 5.56 Å². The Morgan fingerprint density at radius 2 is 2.27 bits per heavy atom. The second-order valence-electron chi connectivity index (χ2n) is 2.75. The van der Waals surface area contributed by atoms with Gasteiger partial charge in [-0.1, -0.05) is 18.7 Å². The highest BCUT2D eigenvalue weighted by molar-refractivity contribution is 6.09. The van der Waals surface area contributed by atoms with Crippen LogP contribution in [0.1, 0.15) is 33.5 Å². The van der Waals surface area contributed by atoms with Gasteiger partial charge in [-0.25, -0.2) is 4.79 Å². The summed E-state index contributed by atoms with van der Waals surface area (Å²) in [6, 6.07) is 0. The van der Waals surface area contributed by atoms with E-state index in [0.29, 0.717) is 12.1 Å². The standard InChI is InChI=1S/C10H11NO4/c1-4-6-8(10(13)14-3)9(15-11-6)7(12)5-2/h5H,2,4H2,1,3H3. The van der Waals surface area contributed by atoms with Gasteiger partial charge in [0, 0.05) is 0 Å². The molecule has 1 aromatic heterocycles. The molecule has 0 aliphatic rings. The molecule has 0 atom stereocenters. The predicted octanol–water partition coefficient (Wildman–Crippen LogP) is 1.39. The van der Waals surface area contributed by atoms with E-state index >= 15 is 0 Å². The Labute approximate surface area is 86.7 Å². The van der Waals surface area contributed by atoms with E-state index in [2.05, 4.69) is 16.5 Å². The van der Waals surface area contributed by atoms with Crippen LogP contribution < -0.4 is 0 Å². The van der Waals surface area contributed by atoms with E-state index in [1.807, 2.05) is 0 Å². The highest BCUT2D eigenvalue weighted by Gasteiger charge is 2.25. The highest BCUT2D eigenvalue weighted by atomic mass is 16.5. The molecule has 5 nitrogen and oxygen atoms in total. The van der Waals surface area contributed by atoms with E-state index in [4.69, 9.17) is 4.52 Å². The fraction of sp³-hybridized carbons (Fsp3) is 0.300. The number of hydrogen-bond acceptors (Lipinski definition) is 5. The van der Waals surface area contributed by atoms with E-state index in [9.17, 15) is 9.59 Å². The fourth-order valence-electron chi connectivity index (χ4n) is 1.14. The summed E-state index contributed by atoms with van der Waals surface area (Å²) in [7, 11) is 1.23. The minimum Gasteiger partial charge on any atom is -0.465 e. The Morgan fingerprint density at radius 1 is 1.60 bits per heavy atom. The fourth-order valence-corrected chi connectivity index (χ4v) is 1.14. The van der Waals surface area contributed by atoms with Gasteiger partial charge in [0.05, 0.1) is 12.8 Å². The molecule has 80 valence electrons. The first kappa shape index (κ1) is 11.2. The van der Waals surface area contributed by atoms with Gasteiger partial charge < -0.3 is 9.26 Å². The molecule has 0 unspecified atom stereocenters. The number of ether oxygens (including phenoxy) is 1. The molecular weight excluding hydrogens is 198 g/mol. The topological polar surface area (TPSA) is 69.4 Å². The summed E-state index contributed by atoms with van der Waals surface area (Å²) < 4.78 is 9.34. The SMILES string of the molecule is C=CC(=O)c1onc(CC)c1C(=O)OC. The minimum absolute atomic E-state index is 0.0879. The zero-order chi connectivity index (χ0) is 11.4.